The van der Waals surface area contributed by atoms with Crippen LogP contribution in [-0.2, 0) is 28.7 Å². The first-order chi connectivity index (χ1) is 23.1. The van der Waals surface area contributed by atoms with Gasteiger partial charge in [0.05, 0.1) is 45.5 Å². The second-order valence-electron chi connectivity index (χ2n) is 10.9. The fraction of sp³-hybridized carbons (Fsp3) is 0.457. The topological polar surface area (TPSA) is 170 Å². The third-order valence-corrected chi connectivity index (χ3v) is 7.25. The number of rotatable bonds is 14. The molecule has 3 amide bonds. The van der Waals surface area contributed by atoms with Crippen molar-refractivity contribution in [1.29, 1.82) is 0 Å². The number of hydrogen-bond acceptors (Lipinski definition) is 10. The third-order valence-electron chi connectivity index (χ3n) is 7.25. The van der Waals surface area contributed by atoms with Crippen LogP contribution in [-0.4, -0.2) is 83.1 Å². The molecule has 0 saturated carbocycles. The van der Waals surface area contributed by atoms with Crippen molar-refractivity contribution in [3.8, 4) is 11.5 Å². The van der Waals surface area contributed by atoms with Crippen LogP contribution in [0.2, 0.25) is 0 Å². The van der Waals surface area contributed by atoms with Gasteiger partial charge in [0.2, 0.25) is 11.8 Å². The lowest BCUT2D eigenvalue weighted by molar-refractivity contribution is -0.132. The van der Waals surface area contributed by atoms with Crippen molar-refractivity contribution in [2.45, 2.75) is 45.6 Å². The number of piperidine rings is 1. The molecule has 3 rings (SSSR count). The lowest BCUT2D eigenvalue weighted by atomic mass is 9.90. The summed E-state index contributed by atoms with van der Waals surface area (Å²) < 4.78 is 21.2. The SMILES string of the molecule is C=CC1/C=C(/C(=O)NCC(=O)N[C@@H](C[C@@H]2CCCNC2=O)C(=O)COC(=O)c2c(OC)cccc2OC)NC/C=C\C=C/1OC.CCC. The Balaban J connectivity index is 0.00000257. The van der Waals surface area contributed by atoms with Gasteiger partial charge in [-0.05, 0) is 43.5 Å². The molecule has 1 aromatic carbocycles. The summed E-state index contributed by atoms with van der Waals surface area (Å²) >= 11 is 0. The fourth-order valence-electron chi connectivity index (χ4n) is 4.85. The van der Waals surface area contributed by atoms with Crippen LogP contribution >= 0.6 is 0 Å². The molecule has 0 spiro atoms. The van der Waals surface area contributed by atoms with Gasteiger partial charge in [-0.2, -0.15) is 0 Å². The number of nitrogens with one attached hydrogen (secondary N) is 4. The van der Waals surface area contributed by atoms with Gasteiger partial charge in [0.1, 0.15) is 22.8 Å². The Bertz CT molecular complexity index is 1360. The highest BCUT2D eigenvalue weighted by atomic mass is 16.5. The molecule has 4 N–H and O–H groups in total. The van der Waals surface area contributed by atoms with Gasteiger partial charge in [-0.25, -0.2) is 4.79 Å². The van der Waals surface area contributed by atoms with E-state index in [2.05, 4.69) is 41.7 Å². The van der Waals surface area contributed by atoms with Crippen molar-refractivity contribution >= 4 is 29.5 Å². The highest BCUT2D eigenvalue weighted by Gasteiger charge is 2.31. The molecule has 1 fully saturated rings. The molecule has 1 saturated heterocycles. The summed E-state index contributed by atoms with van der Waals surface area (Å²) in [5, 5.41) is 10.9. The molecular formula is C35H48N4O9. The minimum absolute atomic E-state index is 0.000356. The van der Waals surface area contributed by atoms with Gasteiger partial charge in [-0.3, -0.25) is 19.2 Å². The molecule has 48 heavy (non-hydrogen) atoms. The summed E-state index contributed by atoms with van der Waals surface area (Å²) in [6, 6.07) is 3.56. The van der Waals surface area contributed by atoms with Crippen molar-refractivity contribution in [2.24, 2.45) is 11.8 Å². The van der Waals surface area contributed by atoms with E-state index >= 15 is 0 Å². The zero-order valence-electron chi connectivity index (χ0n) is 28.4. The Labute approximate surface area is 282 Å². The molecule has 0 bridgehead atoms. The number of hydrogen-bond donors (Lipinski definition) is 4. The summed E-state index contributed by atoms with van der Waals surface area (Å²) in [7, 11) is 4.28. The average Bonchev–Trinajstić information content (AvgIpc) is 3.20. The van der Waals surface area contributed by atoms with Crippen LogP contribution in [0.3, 0.4) is 0 Å². The Kier molecular flexibility index (Phi) is 17.1. The Morgan fingerprint density at radius 3 is 2.35 bits per heavy atom. The van der Waals surface area contributed by atoms with E-state index in [1.165, 1.54) is 27.8 Å². The smallest absolute Gasteiger partial charge is 0.346 e. The fourth-order valence-corrected chi connectivity index (χ4v) is 4.85. The van der Waals surface area contributed by atoms with Gasteiger partial charge in [-0.1, -0.05) is 44.6 Å². The molecular weight excluding hydrogens is 620 g/mol. The molecule has 0 aliphatic carbocycles. The van der Waals surface area contributed by atoms with E-state index in [0.717, 1.165) is 0 Å². The molecule has 3 atom stereocenters. The maximum Gasteiger partial charge on any atom is 0.346 e. The van der Waals surface area contributed by atoms with E-state index in [0.29, 0.717) is 31.7 Å². The predicted molar refractivity (Wildman–Crippen MR) is 180 cm³/mol. The molecule has 13 heteroatoms. The lowest BCUT2D eigenvalue weighted by Crippen LogP contribution is -2.49. The van der Waals surface area contributed by atoms with Gasteiger partial charge >= 0.3 is 5.97 Å². The van der Waals surface area contributed by atoms with Crippen LogP contribution in [0, 0.1) is 11.8 Å². The van der Waals surface area contributed by atoms with Crippen LogP contribution in [0.5, 0.6) is 11.5 Å². The second kappa shape index (κ2) is 20.9. The normalized spacial score (nSPS) is 20.6. The van der Waals surface area contributed by atoms with Crippen molar-refractivity contribution in [3.05, 3.63) is 72.2 Å². The minimum Gasteiger partial charge on any atom is -0.500 e. The number of carbonyl (C=O) groups is 5. The quantitative estimate of drug-likeness (QED) is 0.171. The molecule has 13 nitrogen and oxygen atoms in total. The highest BCUT2D eigenvalue weighted by Crippen LogP contribution is 2.29. The molecule has 1 aromatic rings. The largest absolute Gasteiger partial charge is 0.500 e. The van der Waals surface area contributed by atoms with Crippen molar-refractivity contribution < 1.29 is 42.9 Å². The van der Waals surface area contributed by atoms with Gasteiger partial charge < -0.3 is 40.2 Å². The number of esters is 1. The molecule has 0 radical (unpaired) electrons. The van der Waals surface area contributed by atoms with E-state index in [1.807, 2.05) is 0 Å². The number of ketones is 1. The first-order valence-corrected chi connectivity index (χ1v) is 15.9. The predicted octanol–water partition coefficient (Wildman–Crippen LogP) is 2.74. The van der Waals surface area contributed by atoms with Crippen molar-refractivity contribution in [2.75, 3.05) is 47.6 Å². The molecule has 0 aromatic heterocycles. The molecule has 1 unspecified atom stereocenters. The second-order valence-corrected chi connectivity index (χ2v) is 10.9. The van der Waals surface area contributed by atoms with E-state index < -0.39 is 54.6 Å². The summed E-state index contributed by atoms with van der Waals surface area (Å²) in [6.07, 6.45) is 11.1. The number of methoxy groups -OCH3 is 3. The average molecular weight is 669 g/mol. The van der Waals surface area contributed by atoms with Crippen LogP contribution in [0.15, 0.2) is 66.6 Å². The van der Waals surface area contributed by atoms with E-state index in [4.69, 9.17) is 18.9 Å². The van der Waals surface area contributed by atoms with E-state index in [-0.39, 0.29) is 35.1 Å². The monoisotopic (exact) mass is 668 g/mol. The number of benzene rings is 1. The van der Waals surface area contributed by atoms with E-state index in [9.17, 15) is 24.0 Å². The Morgan fingerprint density at radius 1 is 1.06 bits per heavy atom. The minimum atomic E-state index is -1.16. The summed E-state index contributed by atoms with van der Waals surface area (Å²) in [5.41, 5.74) is 0.202. The van der Waals surface area contributed by atoms with Gasteiger partial charge in [0.15, 0.2) is 12.4 Å². The number of ether oxygens (including phenoxy) is 4. The first-order valence-electron chi connectivity index (χ1n) is 15.9. The maximum atomic E-state index is 13.3. The van der Waals surface area contributed by atoms with Gasteiger partial charge in [-0.15, -0.1) is 6.58 Å². The molecule has 2 aliphatic heterocycles. The first kappa shape index (κ1) is 39.1. The van der Waals surface area contributed by atoms with E-state index in [1.54, 1.807) is 48.6 Å². The maximum absolute atomic E-state index is 13.3. The number of allylic oxidation sites excluding steroid dienone is 3. The highest BCUT2D eigenvalue weighted by molar-refractivity contribution is 5.99. The summed E-state index contributed by atoms with van der Waals surface area (Å²) in [6.45, 7) is 7.78. The van der Waals surface area contributed by atoms with Crippen molar-refractivity contribution in [3.63, 3.8) is 0 Å². The van der Waals surface area contributed by atoms with Crippen LogP contribution < -0.4 is 30.7 Å². The molecule has 262 valence electrons. The molecule has 2 aliphatic rings. The molecule has 2 heterocycles. The van der Waals surface area contributed by atoms with Crippen LogP contribution in [0.4, 0.5) is 0 Å². The summed E-state index contributed by atoms with van der Waals surface area (Å²) in [5.74, 6) is -2.92. The lowest BCUT2D eigenvalue weighted by Gasteiger charge is -2.26. The van der Waals surface area contributed by atoms with Crippen LogP contribution in [0.1, 0.15) is 49.9 Å². The zero-order chi connectivity index (χ0) is 35.5. The Morgan fingerprint density at radius 2 is 1.75 bits per heavy atom. The zero-order valence-corrected chi connectivity index (χ0v) is 28.4. The number of carbonyl (C=O) groups excluding carboxylic acids is 5. The number of Topliss-reactive ketones (excluding diaryl/α,β-unsaturated/α-hetero) is 1. The summed E-state index contributed by atoms with van der Waals surface area (Å²) in [4.78, 5) is 64.6. The van der Waals surface area contributed by atoms with Gasteiger partial charge in [0, 0.05) is 19.0 Å². The number of amides is 3. The van der Waals surface area contributed by atoms with Gasteiger partial charge in [0.25, 0.3) is 5.91 Å². The Hall–Kier alpha value is -5.07. The third kappa shape index (κ3) is 11.9. The van der Waals surface area contributed by atoms with Crippen molar-refractivity contribution in [1.82, 2.24) is 21.3 Å². The van der Waals surface area contributed by atoms with Crippen LogP contribution in [0.25, 0.3) is 0 Å². The standard InChI is InChI=1S/C32H40N4O9.C3H8/c1-5-20-16-23(33-14-7-6-11-25(20)42-2)31(40)35-18-28(38)36-22(17-21-10-9-15-34-30(21)39)24(37)19-45-32(41)29-26(43-3)12-8-13-27(29)44-4;1-3-2/h5-8,11-13,16,20-22,33H,1,9-10,14-15,17-19H2,2-4H3,(H,34,39)(H,35,40)(H,36,38);3H2,1-2H3/b7-6-,23-16-,25-11+;/t20?,21-,22-;/m0./s1.